The molecule has 1 unspecified atom stereocenters. The molecule has 122 valence electrons. The topological polar surface area (TPSA) is 66.4 Å². The second-order valence-corrected chi connectivity index (χ2v) is 5.99. The zero-order valence-corrected chi connectivity index (χ0v) is 13.8. The maximum Gasteiger partial charge on any atom is 0.303 e. The lowest BCUT2D eigenvalue weighted by Gasteiger charge is -2.23. The molecule has 1 amide bonds. The number of benzene rings is 1. The fraction of sp³-hybridized carbons (Fsp3) is 0.556. The van der Waals surface area contributed by atoms with Crippen LogP contribution in [-0.4, -0.2) is 17.0 Å². The number of unbranched alkanes of at least 4 members (excludes halogenated alkanes) is 1. The highest BCUT2D eigenvalue weighted by Crippen LogP contribution is 2.22. The van der Waals surface area contributed by atoms with Crippen LogP contribution < -0.4 is 5.32 Å². The van der Waals surface area contributed by atoms with Crippen molar-refractivity contribution in [2.75, 3.05) is 0 Å². The summed E-state index contributed by atoms with van der Waals surface area (Å²) in [4.78, 5) is 22.5. The van der Waals surface area contributed by atoms with Gasteiger partial charge in [-0.2, -0.15) is 0 Å². The van der Waals surface area contributed by atoms with Gasteiger partial charge in [-0.05, 0) is 36.3 Å². The molecule has 0 fully saturated rings. The van der Waals surface area contributed by atoms with Gasteiger partial charge in [0.25, 0.3) is 0 Å². The monoisotopic (exact) mass is 305 g/mol. The van der Waals surface area contributed by atoms with Crippen molar-refractivity contribution in [2.24, 2.45) is 5.92 Å². The van der Waals surface area contributed by atoms with E-state index in [2.05, 4.69) is 50.4 Å². The van der Waals surface area contributed by atoms with E-state index in [0.29, 0.717) is 25.2 Å². The SMILES string of the molecule is CCc1ccc(C(NC(=O)CCCCC(=O)O)C(C)C)cc1. The third kappa shape index (κ3) is 6.29. The molecule has 2 N–H and O–H groups in total. The number of amides is 1. The first-order valence-electron chi connectivity index (χ1n) is 8.04. The van der Waals surface area contributed by atoms with Crippen molar-refractivity contribution in [3.05, 3.63) is 35.4 Å². The van der Waals surface area contributed by atoms with Crippen molar-refractivity contribution in [3.63, 3.8) is 0 Å². The first kappa shape index (κ1) is 18.2. The lowest BCUT2D eigenvalue weighted by atomic mass is 9.94. The van der Waals surface area contributed by atoms with Crippen molar-refractivity contribution < 1.29 is 14.7 Å². The maximum absolute atomic E-state index is 12.0. The third-order valence-electron chi connectivity index (χ3n) is 3.77. The maximum atomic E-state index is 12.0. The molecule has 0 radical (unpaired) electrons. The van der Waals surface area contributed by atoms with Gasteiger partial charge in [0.05, 0.1) is 6.04 Å². The molecule has 0 spiro atoms. The van der Waals surface area contributed by atoms with Gasteiger partial charge in [-0.3, -0.25) is 9.59 Å². The summed E-state index contributed by atoms with van der Waals surface area (Å²) in [6.07, 6.45) is 2.66. The fourth-order valence-electron chi connectivity index (χ4n) is 2.40. The van der Waals surface area contributed by atoms with Crippen LogP contribution >= 0.6 is 0 Å². The molecule has 1 atom stereocenters. The molecule has 0 aromatic heterocycles. The van der Waals surface area contributed by atoms with Crippen molar-refractivity contribution in [3.8, 4) is 0 Å². The summed E-state index contributed by atoms with van der Waals surface area (Å²) in [7, 11) is 0. The number of carbonyl (C=O) groups is 2. The van der Waals surface area contributed by atoms with Crippen LogP contribution in [0.15, 0.2) is 24.3 Å². The summed E-state index contributed by atoms with van der Waals surface area (Å²) in [6, 6.07) is 8.36. The molecule has 4 nitrogen and oxygen atoms in total. The van der Waals surface area contributed by atoms with Crippen LogP contribution in [0.25, 0.3) is 0 Å². The molecule has 0 saturated heterocycles. The Morgan fingerprint density at radius 1 is 1.09 bits per heavy atom. The van der Waals surface area contributed by atoms with E-state index in [1.54, 1.807) is 0 Å². The number of nitrogens with one attached hydrogen (secondary N) is 1. The van der Waals surface area contributed by atoms with E-state index < -0.39 is 5.97 Å². The minimum absolute atomic E-state index is 0.00196. The third-order valence-corrected chi connectivity index (χ3v) is 3.77. The summed E-state index contributed by atoms with van der Waals surface area (Å²) in [5.41, 5.74) is 2.40. The molecule has 0 bridgehead atoms. The predicted molar refractivity (Wildman–Crippen MR) is 87.6 cm³/mol. The van der Waals surface area contributed by atoms with Gasteiger partial charge in [-0.25, -0.2) is 0 Å². The molecule has 1 rings (SSSR count). The average molecular weight is 305 g/mol. The standard InChI is InChI=1S/C18H27NO3/c1-4-14-9-11-15(12-10-14)18(13(2)3)19-16(20)7-5-6-8-17(21)22/h9-13,18H,4-8H2,1-3H3,(H,19,20)(H,21,22). The normalized spacial score (nSPS) is 12.2. The Hall–Kier alpha value is -1.84. The molecular weight excluding hydrogens is 278 g/mol. The summed E-state index contributed by atoms with van der Waals surface area (Å²) in [5.74, 6) is -0.518. The molecule has 0 heterocycles. The highest BCUT2D eigenvalue weighted by atomic mass is 16.4. The summed E-state index contributed by atoms with van der Waals surface area (Å²) >= 11 is 0. The molecule has 0 aliphatic heterocycles. The Kier molecular flexibility index (Phi) is 7.64. The number of aryl methyl sites for hydroxylation is 1. The Morgan fingerprint density at radius 2 is 1.68 bits per heavy atom. The van der Waals surface area contributed by atoms with Crippen LogP contribution in [-0.2, 0) is 16.0 Å². The van der Waals surface area contributed by atoms with E-state index in [1.807, 2.05) is 0 Å². The van der Waals surface area contributed by atoms with Crippen LogP contribution in [0.4, 0.5) is 0 Å². The number of carboxylic acid groups (broad SMARTS) is 1. The van der Waals surface area contributed by atoms with Gasteiger partial charge in [-0.15, -0.1) is 0 Å². The highest BCUT2D eigenvalue weighted by molar-refractivity contribution is 5.76. The van der Waals surface area contributed by atoms with Crippen LogP contribution in [0.3, 0.4) is 0 Å². The van der Waals surface area contributed by atoms with Crippen molar-refractivity contribution in [1.82, 2.24) is 5.32 Å². The van der Waals surface area contributed by atoms with Gasteiger partial charge < -0.3 is 10.4 Å². The molecule has 1 aromatic rings. The van der Waals surface area contributed by atoms with E-state index >= 15 is 0 Å². The predicted octanol–water partition coefficient (Wildman–Crippen LogP) is 3.71. The number of aliphatic carboxylic acids is 1. The smallest absolute Gasteiger partial charge is 0.303 e. The second-order valence-electron chi connectivity index (χ2n) is 5.99. The summed E-state index contributed by atoms with van der Waals surface area (Å²) in [5, 5.41) is 11.7. The number of hydrogen-bond donors (Lipinski definition) is 2. The molecule has 4 heteroatoms. The molecule has 1 aromatic carbocycles. The minimum Gasteiger partial charge on any atom is -0.481 e. The van der Waals surface area contributed by atoms with Crippen LogP contribution in [0.5, 0.6) is 0 Å². The molecule has 22 heavy (non-hydrogen) atoms. The molecule has 0 aliphatic carbocycles. The first-order chi connectivity index (χ1) is 10.4. The van der Waals surface area contributed by atoms with Gasteiger partial charge in [0.1, 0.15) is 0 Å². The molecular formula is C18H27NO3. The van der Waals surface area contributed by atoms with E-state index in [0.717, 1.165) is 12.0 Å². The van der Waals surface area contributed by atoms with Gasteiger partial charge in [0, 0.05) is 12.8 Å². The van der Waals surface area contributed by atoms with Crippen LogP contribution in [0.1, 0.15) is 63.6 Å². The summed E-state index contributed by atoms with van der Waals surface area (Å²) in [6.45, 7) is 6.29. The van der Waals surface area contributed by atoms with Crippen molar-refractivity contribution in [2.45, 2.75) is 58.9 Å². The van der Waals surface area contributed by atoms with Crippen LogP contribution in [0, 0.1) is 5.92 Å². The zero-order valence-electron chi connectivity index (χ0n) is 13.8. The lowest BCUT2D eigenvalue weighted by molar-refractivity contribution is -0.137. The Labute approximate surface area is 132 Å². The zero-order chi connectivity index (χ0) is 16.5. The van der Waals surface area contributed by atoms with Crippen LogP contribution in [0.2, 0.25) is 0 Å². The first-order valence-corrected chi connectivity index (χ1v) is 8.04. The lowest BCUT2D eigenvalue weighted by Crippen LogP contribution is -2.31. The van der Waals surface area contributed by atoms with E-state index in [9.17, 15) is 9.59 Å². The second kappa shape index (κ2) is 9.23. The number of carbonyl (C=O) groups excluding carboxylic acids is 1. The van der Waals surface area contributed by atoms with E-state index in [-0.39, 0.29) is 18.4 Å². The Bertz CT molecular complexity index is 480. The number of rotatable bonds is 9. The van der Waals surface area contributed by atoms with Crippen molar-refractivity contribution in [1.29, 1.82) is 0 Å². The van der Waals surface area contributed by atoms with Gasteiger partial charge >= 0.3 is 5.97 Å². The van der Waals surface area contributed by atoms with Gasteiger partial charge in [0.15, 0.2) is 0 Å². The Balaban J connectivity index is 2.56. The quantitative estimate of drug-likeness (QED) is 0.683. The van der Waals surface area contributed by atoms with Gasteiger partial charge in [0.2, 0.25) is 5.91 Å². The number of carboxylic acids is 1. The highest BCUT2D eigenvalue weighted by Gasteiger charge is 2.18. The average Bonchev–Trinajstić information content (AvgIpc) is 2.49. The minimum atomic E-state index is -0.809. The molecule has 0 aliphatic rings. The van der Waals surface area contributed by atoms with Gasteiger partial charge in [-0.1, -0.05) is 45.0 Å². The largest absolute Gasteiger partial charge is 0.481 e. The number of hydrogen-bond acceptors (Lipinski definition) is 2. The van der Waals surface area contributed by atoms with E-state index in [4.69, 9.17) is 5.11 Å². The molecule has 0 saturated carbocycles. The van der Waals surface area contributed by atoms with Crippen molar-refractivity contribution >= 4 is 11.9 Å². The summed E-state index contributed by atoms with van der Waals surface area (Å²) < 4.78 is 0. The fourth-order valence-corrected chi connectivity index (χ4v) is 2.40. The van der Waals surface area contributed by atoms with E-state index in [1.165, 1.54) is 5.56 Å². The Morgan fingerprint density at radius 3 is 2.18 bits per heavy atom.